The van der Waals surface area contributed by atoms with Crippen molar-refractivity contribution in [3.63, 3.8) is 0 Å². The number of hydrogen-bond donors (Lipinski definition) is 1. The van der Waals surface area contributed by atoms with Crippen molar-refractivity contribution in [1.29, 1.82) is 0 Å². The summed E-state index contributed by atoms with van der Waals surface area (Å²) in [5.74, 6) is -0.332. The van der Waals surface area contributed by atoms with E-state index in [9.17, 15) is 14.0 Å². The van der Waals surface area contributed by atoms with Crippen LogP contribution < -0.4 is 5.32 Å². The van der Waals surface area contributed by atoms with Gasteiger partial charge in [0.1, 0.15) is 5.82 Å². The largest absolute Gasteiger partial charge is 0.356 e. The molecule has 142 valence electrons. The summed E-state index contributed by atoms with van der Waals surface area (Å²) in [6.07, 6.45) is 6.23. The molecule has 1 N–H and O–H groups in total. The first-order valence-corrected chi connectivity index (χ1v) is 9.40. The lowest BCUT2D eigenvalue weighted by molar-refractivity contribution is -0.123. The normalized spacial score (nSPS) is 23.2. The average Bonchev–Trinajstić information content (AvgIpc) is 3.05. The van der Waals surface area contributed by atoms with E-state index in [1.165, 1.54) is 18.2 Å². The highest BCUT2D eigenvalue weighted by molar-refractivity contribution is 6.30. The Hall–Kier alpha value is -2.41. The predicted octanol–water partition coefficient (Wildman–Crippen LogP) is 2.20. The van der Waals surface area contributed by atoms with Gasteiger partial charge in [-0.05, 0) is 36.5 Å². The molecule has 2 amide bonds. The molecule has 1 aliphatic carbocycles. The number of imidazole rings is 1. The van der Waals surface area contributed by atoms with Gasteiger partial charge in [-0.2, -0.15) is 0 Å². The lowest BCUT2D eigenvalue weighted by atomic mass is 10.1. The molecule has 2 aliphatic rings. The molecule has 2 heterocycles. The van der Waals surface area contributed by atoms with Gasteiger partial charge in [0.2, 0.25) is 5.91 Å². The number of nitrogens with zero attached hydrogens (tertiary/aromatic N) is 3. The quantitative estimate of drug-likeness (QED) is 0.769. The van der Waals surface area contributed by atoms with Crippen molar-refractivity contribution in [1.82, 2.24) is 19.8 Å². The topological polar surface area (TPSA) is 67.2 Å². The molecule has 0 unspecified atom stereocenters. The van der Waals surface area contributed by atoms with Crippen LogP contribution in [0.5, 0.6) is 0 Å². The van der Waals surface area contributed by atoms with Gasteiger partial charge in [-0.1, -0.05) is 11.6 Å². The van der Waals surface area contributed by atoms with Crippen LogP contribution >= 0.6 is 11.6 Å². The van der Waals surface area contributed by atoms with E-state index in [0.717, 1.165) is 13.0 Å². The third kappa shape index (κ3) is 3.69. The molecule has 27 heavy (non-hydrogen) atoms. The van der Waals surface area contributed by atoms with E-state index in [-0.39, 0.29) is 34.6 Å². The highest BCUT2D eigenvalue weighted by Gasteiger charge is 2.60. The van der Waals surface area contributed by atoms with E-state index in [1.54, 1.807) is 17.4 Å². The number of fused-ring (bicyclic) bond motifs is 1. The maximum absolute atomic E-state index is 13.6. The van der Waals surface area contributed by atoms with Crippen LogP contribution in [-0.4, -0.2) is 45.9 Å². The molecule has 1 aromatic heterocycles. The number of hydrogen-bond acceptors (Lipinski definition) is 3. The highest BCUT2D eigenvalue weighted by atomic mass is 35.5. The molecule has 2 atom stereocenters. The number of likely N-dealkylation sites (tertiary alicyclic amines) is 1. The Morgan fingerprint density at radius 2 is 2.07 bits per heavy atom. The second-order valence-electron chi connectivity index (χ2n) is 7.14. The van der Waals surface area contributed by atoms with Crippen molar-refractivity contribution in [3.8, 4) is 0 Å². The Labute approximate surface area is 161 Å². The number of carbonyl (C=O) groups is 2. The smallest absolute Gasteiger partial charge is 0.253 e. The van der Waals surface area contributed by atoms with E-state index in [2.05, 4.69) is 10.3 Å². The predicted molar refractivity (Wildman–Crippen MR) is 97.6 cm³/mol. The average molecular weight is 391 g/mol. The first kappa shape index (κ1) is 18.0. The van der Waals surface area contributed by atoms with Crippen LogP contribution in [0.25, 0.3) is 0 Å². The molecule has 1 aromatic carbocycles. The van der Waals surface area contributed by atoms with E-state index < -0.39 is 5.82 Å². The standard InChI is InChI=1S/C19H20ClFN4O2/c20-15-3-2-12(8-16(15)21)19(27)25-9-13-14(10-25)17(13)18(26)23-4-1-6-24-7-5-22-11-24/h2-3,5,7-8,11,13-14,17H,1,4,6,9-10H2,(H,23,26)/t13-,14-/m0/s1. The molecule has 1 saturated carbocycles. The minimum absolute atomic E-state index is 0.000549. The molecular formula is C19H20ClFN4O2. The third-order valence-electron chi connectivity index (χ3n) is 5.40. The summed E-state index contributed by atoms with van der Waals surface area (Å²) in [6, 6.07) is 4.09. The van der Waals surface area contributed by atoms with Gasteiger partial charge < -0.3 is 14.8 Å². The molecule has 4 rings (SSSR count). The van der Waals surface area contributed by atoms with Crippen LogP contribution in [0, 0.1) is 23.6 Å². The van der Waals surface area contributed by atoms with Crippen LogP contribution in [0.4, 0.5) is 4.39 Å². The molecule has 1 saturated heterocycles. The van der Waals surface area contributed by atoms with Gasteiger partial charge in [0, 0.05) is 50.1 Å². The SMILES string of the molecule is O=C(NCCCn1ccnc1)C1[C@H]2CN(C(=O)c3ccc(Cl)c(F)c3)C[C@H]12. The van der Waals surface area contributed by atoms with Gasteiger partial charge >= 0.3 is 0 Å². The van der Waals surface area contributed by atoms with Crippen LogP contribution in [0.15, 0.2) is 36.9 Å². The fraction of sp³-hybridized carbons (Fsp3) is 0.421. The van der Waals surface area contributed by atoms with E-state index in [1.807, 2.05) is 10.8 Å². The molecule has 0 radical (unpaired) electrons. The van der Waals surface area contributed by atoms with E-state index >= 15 is 0 Å². The van der Waals surface area contributed by atoms with Crippen molar-refractivity contribution in [3.05, 3.63) is 53.3 Å². The minimum atomic E-state index is -0.597. The minimum Gasteiger partial charge on any atom is -0.356 e. The van der Waals surface area contributed by atoms with Crippen molar-refractivity contribution in [2.75, 3.05) is 19.6 Å². The van der Waals surface area contributed by atoms with Crippen molar-refractivity contribution in [2.45, 2.75) is 13.0 Å². The zero-order chi connectivity index (χ0) is 19.0. The number of benzene rings is 1. The Morgan fingerprint density at radius 1 is 1.30 bits per heavy atom. The van der Waals surface area contributed by atoms with Gasteiger partial charge in [0.05, 0.1) is 11.3 Å². The van der Waals surface area contributed by atoms with Crippen LogP contribution in [0.1, 0.15) is 16.8 Å². The van der Waals surface area contributed by atoms with E-state index in [4.69, 9.17) is 11.6 Å². The first-order chi connectivity index (χ1) is 13.0. The second-order valence-corrected chi connectivity index (χ2v) is 7.54. The zero-order valence-electron chi connectivity index (χ0n) is 14.6. The number of carbonyl (C=O) groups excluding carboxylic acids is 2. The first-order valence-electron chi connectivity index (χ1n) is 9.02. The Bertz CT molecular complexity index is 845. The van der Waals surface area contributed by atoms with Crippen LogP contribution in [0.3, 0.4) is 0 Å². The van der Waals surface area contributed by atoms with Gasteiger partial charge in [-0.25, -0.2) is 9.37 Å². The van der Waals surface area contributed by atoms with Gasteiger partial charge in [0.15, 0.2) is 0 Å². The molecule has 2 fully saturated rings. The Balaban J connectivity index is 1.22. The molecular weight excluding hydrogens is 371 g/mol. The molecule has 0 spiro atoms. The van der Waals surface area contributed by atoms with Gasteiger partial charge in [-0.15, -0.1) is 0 Å². The summed E-state index contributed by atoms with van der Waals surface area (Å²) in [5, 5.41) is 2.99. The summed E-state index contributed by atoms with van der Waals surface area (Å²) in [5.41, 5.74) is 0.290. The number of aromatic nitrogens is 2. The Kier molecular flexibility index (Phi) is 4.86. The maximum atomic E-state index is 13.6. The highest BCUT2D eigenvalue weighted by Crippen LogP contribution is 2.52. The van der Waals surface area contributed by atoms with Gasteiger partial charge in [-0.3, -0.25) is 9.59 Å². The monoisotopic (exact) mass is 390 g/mol. The van der Waals surface area contributed by atoms with Crippen molar-refractivity contribution in [2.24, 2.45) is 17.8 Å². The fourth-order valence-corrected chi connectivity index (χ4v) is 4.02. The maximum Gasteiger partial charge on any atom is 0.253 e. The number of nitrogens with one attached hydrogen (secondary N) is 1. The number of amides is 2. The molecule has 8 heteroatoms. The third-order valence-corrected chi connectivity index (χ3v) is 5.71. The molecule has 2 aromatic rings. The van der Waals surface area contributed by atoms with Crippen molar-refractivity contribution < 1.29 is 14.0 Å². The second kappa shape index (κ2) is 7.31. The summed E-state index contributed by atoms with van der Waals surface area (Å²) >= 11 is 5.66. The van der Waals surface area contributed by atoms with Crippen LogP contribution in [-0.2, 0) is 11.3 Å². The lowest BCUT2D eigenvalue weighted by Crippen LogP contribution is -2.35. The van der Waals surface area contributed by atoms with Crippen LogP contribution in [0.2, 0.25) is 5.02 Å². The lowest BCUT2D eigenvalue weighted by Gasteiger charge is -2.20. The summed E-state index contributed by atoms with van der Waals surface area (Å²) in [6.45, 7) is 2.53. The summed E-state index contributed by atoms with van der Waals surface area (Å²) in [7, 11) is 0. The van der Waals surface area contributed by atoms with Gasteiger partial charge in [0.25, 0.3) is 5.91 Å². The molecule has 0 bridgehead atoms. The van der Waals surface area contributed by atoms with E-state index in [0.29, 0.717) is 25.2 Å². The summed E-state index contributed by atoms with van der Waals surface area (Å²) in [4.78, 5) is 30.5. The number of rotatable bonds is 6. The number of aryl methyl sites for hydroxylation is 1. The zero-order valence-corrected chi connectivity index (χ0v) is 15.4. The Morgan fingerprint density at radius 3 is 2.74 bits per heavy atom. The van der Waals surface area contributed by atoms with Crippen molar-refractivity contribution >= 4 is 23.4 Å². The number of piperidine rings is 1. The molecule has 6 nitrogen and oxygen atoms in total. The number of halogens is 2. The summed E-state index contributed by atoms with van der Waals surface area (Å²) < 4.78 is 15.5. The molecule has 1 aliphatic heterocycles. The fourth-order valence-electron chi connectivity index (χ4n) is 3.90.